The second kappa shape index (κ2) is 11.7. The summed E-state index contributed by atoms with van der Waals surface area (Å²) in [6, 6.07) is 15.2. The molecule has 1 saturated heterocycles. The van der Waals surface area contributed by atoms with E-state index < -0.39 is 60.4 Å². The van der Waals surface area contributed by atoms with Crippen LogP contribution in [0.3, 0.4) is 0 Å². The predicted molar refractivity (Wildman–Crippen MR) is 132 cm³/mol. The fourth-order valence-corrected chi connectivity index (χ4v) is 3.63. The van der Waals surface area contributed by atoms with Gasteiger partial charge < -0.3 is 14.2 Å². The number of imide groups is 3. The quantitative estimate of drug-likeness (QED) is 0.309. The van der Waals surface area contributed by atoms with Gasteiger partial charge in [0.1, 0.15) is 18.4 Å². The molecule has 1 fully saturated rings. The van der Waals surface area contributed by atoms with Crippen LogP contribution < -0.4 is 9.47 Å². The van der Waals surface area contributed by atoms with E-state index in [-0.39, 0.29) is 27.5 Å². The lowest BCUT2D eigenvalue weighted by molar-refractivity contribution is -0.161. The van der Waals surface area contributed by atoms with Crippen molar-refractivity contribution in [1.29, 1.82) is 5.26 Å². The SMILES string of the molecule is COCN1CC(F)(F)C(=O)N(C(=O)c2cccc(C(=O)Oc3nc(OC(=O)c4ccccc4)ccc3C#N)c2)C1=O. The Morgan fingerprint density at radius 1 is 0.951 bits per heavy atom. The highest BCUT2D eigenvalue weighted by atomic mass is 19.3. The number of carbonyl (C=O) groups excluding carboxylic acids is 5. The fraction of sp³-hybridized carbons (Fsp3) is 0.148. The van der Waals surface area contributed by atoms with Crippen molar-refractivity contribution in [1.82, 2.24) is 14.8 Å². The summed E-state index contributed by atoms with van der Waals surface area (Å²) >= 11 is 0. The van der Waals surface area contributed by atoms with Crippen molar-refractivity contribution in [3.8, 4) is 17.8 Å². The number of rotatable bonds is 7. The van der Waals surface area contributed by atoms with E-state index in [0.717, 1.165) is 19.2 Å². The molecule has 3 aromatic rings. The summed E-state index contributed by atoms with van der Waals surface area (Å²) in [5.74, 6) is -10.2. The first-order chi connectivity index (χ1) is 19.6. The molecule has 0 N–H and O–H groups in total. The first-order valence-electron chi connectivity index (χ1n) is 11.6. The molecule has 0 aliphatic carbocycles. The van der Waals surface area contributed by atoms with Crippen molar-refractivity contribution in [3.05, 3.63) is 89.0 Å². The largest absolute Gasteiger partial charge is 0.404 e. The second-order valence-electron chi connectivity index (χ2n) is 8.39. The van der Waals surface area contributed by atoms with Crippen LogP contribution in [0.4, 0.5) is 13.6 Å². The molecule has 0 radical (unpaired) electrons. The number of aromatic nitrogens is 1. The van der Waals surface area contributed by atoms with Crippen molar-refractivity contribution in [3.63, 3.8) is 0 Å². The maximum absolute atomic E-state index is 14.3. The molecule has 1 aromatic heterocycles. The Kier molecular flexibility index (Phi) is 8.11. The normalized spacial score (nSPS) is 14.3. The minimum Gasteiger partial charge on any atom is -0.404 e. The van der Waals surface area contributed by atoms with E-state index in [4.69, 9.17) is 14.2 Å². The van der Waals surface area contributed by atoms with E-state index in [0.29, 0.717) is 4.90 Å². The Labute approximate surface area is 230 Å². The van der Waals surface area contributed by atoms with E-state index in [1.807, 2.05) is 0 Å². The van der Waals surface area contributed by atoms with Crippen LogP contribution in [0.5, 0.6) is 11.8 Å². The number of hydrogen-bond donors (Lipinski definition) is 0. The number of nitriles is 1. The number of alkyl halides is 2. The van der Waals surface area contributed by atoms with E-state index in [9.17, 15) is 38.0 Å². The van der Waals surface area contributed by atoms with Gasteiger partial charge in [-0.05, 0) is 36.4 Å². The maximum Gasteiger partial charge on any atom is 0.344 e. The molecule has 4 rings (SSSR count). The Morgan fingerprint density at radius 3 is 2.29 bits per heavy atom. The highest BCUT2D eigenvalue weighted by Crippen LogP contribution is 2.27. The fourth-order valence-electron chi connectivity index (χ4n) is 3.63. The zero-order valence-corrected chi connectivity index (χ0v) is 21.1. The van der Waals surface area contributed by atoms with E-state index in [1.165, 1.54) is 36.4 Å². The third kappa shape index (κ3) is 6.05. The van der Waals surface area contributed by atoms with Crippen LogP contribution in [0.2, 0.25) is 0 Å². The predicted octanol–water partition coefficient (Wildman–Crippen LogP) is 3.04. The number of urea groups is 1. The number of pyridine rings is 1. The lowest BCUT2D eigenvalue weighted by Crippen LogP contribution is -2.64. The molecule has 2 aromatic carbocycles. The van der Waals surface area contributed by atoms with Crippen molar-refractivity contribution >= 4 is 29.8 Å². The van der Waals surface area contributed by atoms with E-state index in [2.05, 4.69) is 4.98 Å². The molecule has 1 aliphatic rings. The van der Waals surface area contributed by atoms with Gasteiger partial charge in [-0.1, -0.05) is 24.3 Å². The third-order valence-corrected chi connectivity index (χ3v) is 5.55. The van der Waals surface area contributed by atoms with Gasteiger partial charge in [0.05, 0.1) is 17.7 Å². The molecule has 0 atom stereocenters. The van der Waals surface area contributed by atoms with Gasteiger partial charge in [0, 0.05) is 18.7 Å². The minimum atomic E-state index is -4.06. The summed E-state index contributed by atoms with van der Waals surface area (Å²) in [7, 11) is 1.14. The number of carbonyl (C=O) groups is 5. The Morgan fingerprint density at radius 2 is 1.61 bits per heavy atom. The lowest BCUT2D eigenvalue weighted by atomic mass is 10.1. The number of amides is 4. The molecule has 0 saturated carbocycles. The van der Waals surface area contributed by atoms with Crippen LogP contribution in [0, 0.1) is 11.3 Å². The summed E-state index contributed by atoms with van der Waals surface area (Å²) in [5, 5.41) is 9.39. The van der Waals surface area contributed by atoms with Crippen LogP contribution >= 0.6 is 0 Å². The summed E-state index contributed by atoms with van der Waals surface area (Å²) in [6.45, 7) is -1.88. The third-order valence-electron chi connectivity index (χ3n) is 5.55. The molecule has 0 spiro atoms. The molecule has 208 valence electrons. The van der Waals surface area contributed by atoms with Crippen LogP contribution in [0.25, 0.3) is 0 Å². The van der Waals surface area contributed by atoms with E-state index >= 15 is 0 Å². The lowest BCUT2D eigenvalue weighted by Gasteiger charge is -2.36. The van der Waals surface area contributed by atoms with Gasteiger partial charge in [-0.3, -0.25) is 14.5 Å². The van der Waals surface area contributed by atoms with Gasteiger partial charge in [-0.2, -0.15) is 23.9 Å². The summed E-state index contributed by atoms with van der Waals surface area (Å²) < 4.78 is 43.6. The van der Waals surface area contributed by atoms with Crippen LogP contribution in [-0.2, 0) is 9.53 Å². The Bertz CT molecular complexity index is 1590. The molecule has 0 bridgehead atoms. The number of nitrogens with zero attached hydrogens (tertiary/aromatic N) is 4. The number of benzene rings is 2. The maximum atomic E-state index is 14.3. The molecule has 4 amide bonds. The minimum absolute atomic E-state index is 0.199. The number of methoxy groups -OCH3 is 1. The molecule has 0 unspecified atom stereocenters. The Balaban J connectivity index is 1.56. The topological polar surface area (TPSA) is 156 Å². The second-order valence-corrected chi connectivity index (χ2v) is 8.39. The molecule has 2 heterocycles. The van der Waals surface area contributed by atoms with Gasteiger partial charge in [-0.15, -0.1) is 0 Å². The van der Waals surface area contributed by atoms with Crippen LogP contribution in [0.1, 0.15) is 36.6 Å². The highest BCUT2D eigenvalue weighted by Gasteiger charge is 2.54. The standard InChI is InChI=1S/C27H18F2N4O8/c1-39-15-32-14-27(28,29)25(37)33(26(32)38)22(34)17-8-5-9-18(12-17)24(36)41-21-19(13-30)10-11-20(31-21)40-23(35)16-6-3-2-4-7-16/h2-12H,14-15H2,1H3. The smallest absolute Gasteiger partial charge is 0.344 e. The number of ether oxygens (including phenoxy) is 3. The molecule has 14 heteroatoms. The van der Waals surface area contributed by atoms with Crippen molar-refractivity contribution < 1.29 is 47.0 Å². The molecule has 41 heavy (non-hydrogen) atoms. The average Bonchev–Trinajstić information content (AvgIpc) is 2.96. The summed E-state index contributed by atoms with van der Waals surface area (Å²) in [4.78, 5) is 67.2. The molecular formula is C27H18F2N4O8. The molecule has 12 nitrogen and oxygen atoms in total. The number of hydrogen-bond acceptors (Lipinski definition) is 10. The van der Waals surface area contributed by atoms with Gasteiger partial charge in [0.2, 0.25) is 11.8 Å². The van der Waals surface area contributed by atoms with Crippen molar-refractivity contribution in [2.24, 2.45) is 0 Å². The van der Waals surface area contributed by atoms with Gasteiger partial charge >= 0.3 is 29.8 Å². The average molecular weight is 564 g/mol. The molecular weight excluding hydrogens is 546 g/mol. The first kappa shape index (κ1) is 28.5. The van der Waals surface area contributed by atoms with Crippen molar-refractivity contribution in [2.45, 2.75) is 5.92 Å². The van der Waals surface area contributed by atoms with Crippen LogP contribution in [-0.4, -0.2) is 70.9 Å². The first-order valence-corrected chi connectivity index (χ1v) is 11.6. The van der Waals surface area contributed by atoms with Gasteiger partial charge in [0.25, 0.3) is 5.91 Å². The molecule has 1 aliphatic heterocycles. The number of esters is 2. The van der Waals surface area contributed by atoms with Gasteiger partial charge in [-0.25, -0.2) is 14.4 Å². The monoisotopic (exact) mass is 564 g/mol. The van der Waals surface area contributed by atoms with Crippen LogP contribution in [0.15, 0.2) is 66.7 Å². The number of halogens is 2. The summed E-state index contributed by atoms with van der Waals surface area (Å²) in [5.41, 5.74) is -0.761. The zero-order chi connectivity index (χ0) is 29.7. The zero-order valence-electron chi connectivity index (χ0n) is 21.1. The van der Waals surface area contributed by atoms with Gasteiger partial charge in [0.15, 0.2) is 0 Å². The van der Waals surface area contributed by atoms with E-state index in [1.54, 1.807) is 24.3 Å². The highest BCUT2D eigenvalue weighted by molar-refractivity contribution is 6.19. The Hall–Kier alpha value is -5.55. The van der Waals surface area contributed by atoms with Crippen molar-refractivity contribution in [2.75, 3.05) is 20.4 Å². The summed E-state index contributed by atoms with van der Waals surface area (Å²) in [6.07, 6.45) is 0.